The van der Waals surface area contributed by atoms with Crippen LogP contribution in [0.5, 0.6) is 0 Å². The predicted molar refractivity (Wildman–Crippen MR) is 86.9 cm³/mol. The number of fused-ring (bicyclic) bond motifs is 1. The lowest BCUT2D eigenvalue weighted by atomic mass is 10.2. The van der Waals surface area contributed by atoms with Gasteiger partial charge in [-0.25, -0.2) is 4.98 Å². The molecule has 0 saturated carbocycles. The van der Waals surface area contributed by atoms with Crippen LogP contribution in [0.4, 0.5) is 11.8 Å². The first kappa shape index (κ1) is 13.6. The van der Waals surface area contributed by atoms with E-state index in [4.69, 9.17) is 4.98 Å². The lowest BCUT2D eigenvalue weighted by Crippen LogP contribution is -2.21. The van der Waals surface area contributed by atoms with E-state index in [1.807, 2.05) is 0 Å². The monoisotopic (exact) mass is 290 g/mol. The molecule has 0 aliphatic carbocycles. The molecular weight excluding hydrogens is 268 g/mol. The maximum Gasteiger partial charge on any atom is 0.226 e. The molecule has 5 heteroatoms. The van der Waals surface area contributed by atoms with E-state index < -0.39 is 0 Å². The van der Waals surface area contributed by atoms with Gasteiger partial charge in [0.15, 0.2) is 0 Å². The minimum absolute atomic E-state index is 0.756. The van der Waals surface area contributed by atoms with E-state index >= 15 is 0 Å². The van der Waals surface area contributed by atoms with E-state index in [0.29, 0.717) is 0 Å². The second kappa shape index (κ2) is 5.56. The predicted octanol–water partition coefficient (Wildman–Crippen LogP) is 3.67. The molecule has 0 bridgehead atoms. The molecule has 1 saturated heterocycles. The summed E-state index contributed by atoms with van der Waals surface area (Å²) < 4.78 is 0. The third-order valence-electron chi connectivity index (χ3n) is 3.75. The van der Waals surface area contributed by atoms with E-state index in [-0.39, 0.29) is 0 Å². The molecule has 0 radical (unpaired) electrons. The van der Waals surface area contributed by atoms with Crippen LogP contribution in [0.25, 0.3) is 10.2 Å². The zero-order chi connectivity index (χ0) is 14.1. The molecule has 1 unspecified atom stereocenters. The highest BCUT2D eigenvalue weighted by Gasteiger charge is 2.23. The van der Waals surface area contributed by atoms with Crippen molar-refractivity contribution in [3.63, 3.8) is 0 Å². The Morgan fingerprint density at radius 2 is 2.30 bits per heavy atom. The normalized spacial score (nSPS) is 18.9. The summed E-state index contributed by atoms with van der Waals surface area (Å²) in [7, 11) is 0. The Kier molecular flexibility index (Phi) is 3.78. The van der Waals surface area contributed by atoms with Crippen LogP contribution in [0.15, 0.2) is 6.07 Å². The maximum absolute atomic E-state index is 4.78. The third-order valence-corrected chi connectivity index (χ3v) is 4.70. The number of aromatic nitrogens is 2. The summed E-state index contributed by atoms with van der Waals surface area (Å²) in [5.74, 6) is 2.64. The summed E-state index contributed by atoms with van der Waals surface area (Å²) >= 11 is 1.76. The summed E-state index contributed by atoms with van der Waals surface area (Å²) in [6.45, 7) is 9.74. The number of hydrogen-bond acceptors (Lipinski definition) is 5. The molecule has 1 aliphatic heterocycles. The number of hydrogen-bond donors (Lipinski definition) is 1. The summed E-state index contributed by atoms with van der Waals surface area (Å²) in [4.78, 5) is 14.3. The highest BCUT2D eigenvalue weighted by atomic mass is 32.1. The minimum atomic E-state index is 0.756. The van der Waals surface area contributed by atoms with E-state index in [2.05, 4.69) is 42.0 Å². The zero-order valence-corrected chi connectivity index (χ0v) is 13.3. The van der Waals surface area contributed by atoms with Crippen molar-refractivity contribution in [1.29, 1.82) is 0 Å². The first-order chi connectivity index (χ1) is 9.67. The van der Waals surface area contributed by atoms with Crippen molar-refractivity contribution < 1.29 is 0 Å². The van der Waals surface area contributed by atoms with Gasteiger partial charge >= 0.3 is 0 Å². The van der Waals surface area contributed by atoms with Crippen LogP contribution in [0.2, 0.25) is 0 Å². The van der Waals surface area contributed by atoms with Crippen LogP contribution in [0.1, 0.15) is 31.6 Å². The maximum atomic E-state index is 4.78. The lowest BCUT2D eigenvalue weighted by molar-refractivity contribution is 0.659. The van der Waals surface area contributed by atoms with Gasteiger partial charge in [0, 0.05) is 24.5 Å². The van der Waals surface area contributed by atoms with Gasteiger partial charge in [-0.3, -0.25) is 0 Å². The van der Waals surface area contributed by atoms with Crippen molar-refractivity contribution in [2.45, 2.75) is 33.6 Å². The Labute approximate surface area is 124 Å². The summed E-state index contributed by atoms with van der Waals surface area (Å²) in [5, 5.41) is 4.54. The lowest BCUT2D eigenvalue weighted by Gasteiger charge is -2.18. The van der Waals surface area contributed by atoms with Gasteiger partial charge in [0.2, 0.25) is 5.95 Å². The molecule has 1 fully saturated rings. The van der Waals surface area contributed by atoms with Gasteiger partial charge in [0.1, 0.15) is 10.6 Å². The molecule has 2 aromatic rings. The number of nitrogens with one attached hydrogen (secondary N) is 1. The van der Waals surface area contributed by atoms with E-state index in [1.54, 1.807) is 11.3 Å². The van der Waals surface area contributed by atoms with Gasteiger partial charge in [-0.1, -0.05) is 13.8 Å². The van der Waals surface area contributed by atoms with Crippen LogP contribution in [-0.2, 0) is 0 Å². The summed E-state index contributed by atoms with van der Waals surface area (Å²) in [6.07, 6.45) is 2.34. The summed E-state index contributed by atoms with van der Waals surface area (Å²) in [5.41, 5.74) is 0. The first-order valence-electron chi connectivity index (χ1n) is 7.44. The average Bonchev–Trinajstić information content (AvgIpc) is 3.00. The summed E-state index contributed by atoms with van der Waals surface area (Å²) in [6, 6.07) is 2.22. The molecule has 0 amide bonds. The number of thiophene rings is 1. The Balaban J connectivity index is 2.02. The van der Waals surface area contributed by atoms with Gasteiger partial charge in [-0.2, -0.15) is 4.98 Å². The number of rotatable bonds is 4. The Bertz CT molecular complexity index is 607. The molecule has 1 atom stereocenters. The van der Waals surface area contributed by atoms with E-state index in [1.165, 1.54) is 16.7 Å². The fourth-order valence-electron chi connectivity index (χ4n) is 2.71. The van der Waals surface area contributed by atoms with Crippen LogP contribution in [0, 0.1) is 12.8 Å². The molecule has 20 heavy (non-hydrogen) atoms. The molecule has 4 nitrogen and oxygen atoms in total. The molecule has 1 aliphatic rings. The number of nitrogens with zero attached hydrogens (tertiary/aromatic N) is 3. The second-order valence-electron chi connectivity index (χ2n) is 5.71. The standard InChI is InChI=1S/C15H22N4S/c1-4-6-16-15-17-13(19-7-5-10(2)9-19)12-8-11(3)20-14(12)18-15/h8,10H,4-7,9H2,1-3H3,(H,16,17,18). The SMILES string of the molecule is CCCNc1nc(N2CCC(C)C2)c2cc(C)sc2n1. The van der Waals surface area contributed by atoms with Crippen molar-refractivity contribution in [3.05, 3.63) is 10.9 Å². The van der Waals surface area contributed by atoms with E-state index in [9.17, 15) is 0 Å². The Morgan fingerprint density at radius 1 is 1.45 bits per heavy atom. The van der Waals surface area contributed by atoms with Gasteiger partial charge in [0.25, 0.3) is 0 Å². The Morgan fingerprint density at radius 3 is 3.00 bits per heavy atom. The molecule has 0 spiro atoms. The van der Waals surface area contributed by atoms with Gasteiger partial charge < -0.3 is 10.2 Å². The number of aryl methyl sites for hydroxylation is 1. The van der Waals surface area contributed by atoms with Gasteiger partial charge in [-0.05, 0) is 31.7 Å². The van der Waals surface area contributed by atoms with Gasteiger partial charge in [0.05, 0.1) is 5.39 Å². The molecule has 0 aromatic carbocycles. The fourth-order valence-corrected chi connectivity index (χ4v) is 3.59. The van der Waals surface area contributed by atoms with Crippen molar-refractivity contribution in [3.8, 4) is 0 Å². The molecular formula is C15H22N4S. The highest BCUT2D eigenvalue weighted by Crippen LogP contribution is 2.34. The fraction of sp³-hybridized carbons (Fsp3) is 0.600. The smallest absolute Gasteiger partial charge is 0.226 e. The molecule has 3 rings (SSSR count). The van der Waals surface area contributed by atoms with Crippen molar-refractivity contribution in [1.82, 2.24) is 9.97 Å². The van der Waals surface area contributed by atoms with E-state index in [0.717, 1.165) is 48.6 Å². The Hall–Kier alpha value is -1.36. The molecule has 2 aromatic heterocycles. The highest BCUT2D eigenvalue weighted by molar-refractivity contribution is 7.18. The third kappa shape index (κ3) is 2.59. The largest absolute Gasteiger partial charge is 0.356 e. The van der Waals surface area contributed by atoms with Crippen LogP contribution >= 0.6 is 11.3 Å². The zero-order valence-electron chi connectivity index (χ0n) is 12.4. The van der Waals surface area contributed by atoms with Crippen molar-refractivity contribution >= 4 is 33.3 Å². The number of anilines is 2. The average molecular weight is 290 g/mol. The second-order valence-corrected chi connectivity index (χ2v) is 6.95. The molecule has 1 N–H and O–H groups in total. The van der Waals surface area contributed by atoms with Crippen molar-refractivity contribution in [2.75, 3.05) is 29.9 Å². The first-order valence-corrected chi connectivity index (χ1v) is 8.26. The van der Waals surface area contributed by atoms with Crippen LogP contribution in [-0.4, -0.2) is 29.6 Å². The molecule has 108 valence electrons. The topological polar surface area (TPSA) is 41.1 Å². The van der Waals surface area contributed by atoms with Crippen molar-refractivity contribution in [2.24, 2.45) is 5.92 Å². The minimum Gasteiger partial charge on any atom is -0.356 e. The van der Waals surface area contributed by atoms with Gasteiger partial charge in [-0.15, -0.1) is 11.3 Å². The quantitative estimate of drug-likeness (QED) is 0.933. The van der Waals surface area contributed by atoms with Crippen LogP contribution in [0.3, 0.4) is 0 Å². The molecule has 3 heterocycles. The van der Waals surface area contributed by atoms with Crippen LogP contribution < -0.4 is 10.2 Å².